The summed E-state index contributed by atoms with van der Waals surface area (Å²) in [6, 6.07) is 6.05. The van der Waals surface area contributed by atoms with Crippen molar-refractivity contribution >= 4 is 30.3 Å². The van der Waals surface area contributed by atoms with Crippen LogP contribution in [0.3, 0.4) is 0 Å². The van der Waals surface area contributed by atoms with Crippen molar-refractivity contribution in [3.05, 3.63) is 63.4 Å². The number of ether oxygens (including phenoxy) is 1. The van der Waals surface area contributed by atoms with Gasteiger partial charge in [-0.05, 0) is 111 Å². The summed E-state index contributed by atoms with van der Waals surface area (Å²) in [4.78, 5) is 17.4. The summed E-state index contributed by atoms with van der Waals surface area (Å²) in [6.07, 6.45) is -0.593. The Balaban J connectivity index is 2.45. The smallest absolute Gasteiger partial charge is 0.408 e. The summed E-state index contributed by atoms with van der Waals surface area (Å²) < 4.78 is 40.4. The molecular formula is C29H39BrF2N2O3Si. The van der Waals surface area contributed by atoms with Gasteiger partial charge in [0.25, 0.3) is 0 Å². The Morgan fingerprint density at radius 1 is 1.05 bits per heavy atom. The lowest BCUT2D eigenvalue weighted by molar-refractivity contribution is 0.0502. The topological polar surface area (TPSA) is 60.5 Å². The third kappa shape index (κ3) is 9.79. The minimum Gasteiger partial charge on any atom is -0.444 e. The van der Waals surface area contributed by atoms with Crippen LogP contribution in [-0.4, -0.2) is 30.6 Å². The molecule has 2 rings (SSSR count). The highest BCUT2D eigenvalue weighted by molar-refractivity contribution is 9.10. The predicted octanol–water partition coefficient (Wildman–Crippen LogP) is 8.08. The van der Waals surface area contributed by atoms with Gasteiger partial charge >= 0.3 is 6.09 Å². The first kappa shape index (κ1) is 31.9. The fourth-order valence-corrected chi connectivity index (χ4v) is 5.56. The summed E-state index contributed by atoms with van der Waals surface area (Å²) in [5.41, 5.74) is -0.150. The van der Waals surface area contributed by atoms with Crippen molar-refractivity contribution in [3.63, 3.8) is 0 Å². The van der Waals surface area contributed by atoms with E-state index in [1.165, 1.54) is 12.1 Å². The number of amides is 1. The number of carbonyl (C=O) groups is 1. The number of carbonyl (C=O) groups excluding carboxylic acids is 1. The van der Waals surface area contributed by atoms with E-state index in [1.807, 2.05) is 13.8 Å². The van der Waals surface area contributed by atoms with E-state index in [9.17, 15) is 13.6 Å². The second-order valence-electron chi connectivity index (χ2n) is 12.4. The van der Waals surface area contributed by atoms with E-state index in [2.05, 4.69) is 71.9 Å². The molecule has 38 heavy (non-hydrogen) atoms. The van der Waals surface area contributed by atoms with Crippen molar-refractivity contribution in [2.24, 2.45) is 0 Å². The fourth-order valence-electron chi connectivity index (χ4n) is 3.43. The van der Waals surface area contributed by atoms with Crippen LogP contribution in [0.2, 0.25) is 18.1 Å². The lowest BCUT2D eigenvalue weighted by atomic mass is 10.0. The molecule has 1 aromatic heterocycles. The van der Waals surface area contributed by atoms with E-state index in [0.717, 1.165) is 6.07 Å². The molecule has 0 saturated carbocycles. The molecule has 9 heteroatoms. The van der Waals surface area contributed by atoms with E-state index in [0.29, 0.717) is 21.4 Å². The minimum absolute atomic E-state index is 0.0337. The Morgan fingerprint density at radius 2 is 1.63 bits per heavy atom. The van der Waals surface area contributed by atoms with Gasteiger partial charge in [0.2, 0.25) is 0 Å². The molecule has 208 valence electrons. The number of nitrogens with one attached hydrogen (secondary N) is 1. The quantitative estimate of drug-likeness (QED) is 0.266. The number of hydrogen-bond acceptors (Lipinski definition) is 4. The number of nitrogens with zero attached hydrogens (tertiary/aromatic N) is 1. The molecule has 1 amide bonds. The van der Waals surface area contributed by atoms with Gasteiger partial charge in [0.05, 0.1) is 11.7 Å². The number of aromatic nitrogens is 1. The van der Waals surface area contributed by atoms with E-state index in [4.69, 9.17) is 9.16 Å². The maximum absolute atomic E-state index is 13.9. The number of alkyl carbamates (subject to hydrolysis) is 1. The Kier molecular flexibility index (Phi) is 9.96. The maximum atomic E-state index is 13.9. The summed E-state index contributed by atoms with van der Waals surface area (Å²) in [7, 11) is -2.06. The molecule has 0 saturated heterocycles. The van der Waals surface area contributed by atoms with Gasteiger partial charge in [-0.3, -0.25) is 0 Å². The van der Waals surface area contributed by atoms with Gasteiger partial charge in [-0.1, -0.05) is 26.7 Å². The highest BCUT2D eigenvalue weighted by Gasteiger charge is 2.41. The minimum atomic E-state index is -2.06. The molecule has 0 aliphatic heterocycles. The standard InChI is InChI=1S/C29H39BrF2N2O3Si/c1-27(2,3)36-26(35)34-24(17-19-15-20(31)18-21(32)16-19)25-23(30)12-11-22(33-25)13-14-29(7,8)37-38(9,10)28(4,5)6/h11-12,15-16,18,24H,17H2,1-10H3,(H,34,35)/t24-/m0/s1. The first-order valence-electron chi connectivity index (χ1n) is 12.5. The first-order valence-corrected chi connectivity index (χ1v) is 16.2. The molecule has 0 fully saturated rings. The number of hydrogen-bond donors (Lipinski definition) is 1. The Bertz CT molecular complexity index is 1200. The lowest BCUT2D eigenvalue weighted by Crippen LogP contribution is -2.47. The molecule has 0 radical (unpaired) electrons. The van der Waals surface area contributed by atoms with Crippen LogP contribution in [-0.2, 0) is 15.6 Å². The molecule has 1 N–H and O–H groups in total. The van der Waals surface area contributed by atoms with Crippen molar-refractivity contribution in [3.8, 4) is 11.8 Å². The highest BCUT2D eigenvalue weighted by atomic mass is 79.9. The van der Waals surface area contributed by atoms with E-state index in [1.54, 1.807) is 32.9 Å². The highest BCUT2D eigenvalue weighted by Crippen LogP contribution is 2.39. The fraction of sp³-hybridized carbons (Fsp3) is 0.517. The summed E-state index contributed by atoms with van der Waals surface area (Å²) in [6.45, 7) is 20.0. The zero-order valence-electron chi connectivity index (χ0n) is 24.0. The second kappa shape index (κ2) is 11.8. The summed E-state index contributed by atoms with van der Waals surface area (Å²) >= 11 is 3.51. The first-order chi connectivity index (χ1) is 17.2. The van der Waals surface area contributed by atoms with Crippen LogP contribution < -0.4 is 5.32 Å². The van der Waals surface area contributed by atoms with Gasteiger partial charge in [0.15, 0.2) is 8.32 Å². The van der Waals surface area contributed by atoms with Crippen LogP contribution in [0.15, 0.2) is 34.8 Å². The molecule has 0 aliphatic rings. The Morgan fingerprint density at radius 3 is 2.16 bits per heavy atom. The van der Waals surface area contributed by atoms with Gasteiger partial charge in [-0.2, -0.15) is 0 Å². The van der Waals surface area contributed by atoms with E-state index >= 15 is 0 Å². The summed E-state index contributed by atoms with van der Waals surface area (Å²) in [5.74, 6) is 4.90. The van der Waals surface area contributed by atoms with Crippen LogP contribution in [0, 0.1) is 23.5 Å². The average molecular weight is 610 g/mol. The van der Waals surface area contributed by atoms with Crippen molar-refractivity contribution in [2.75, 3.05) is 0 Å². The molecule has 2 aromatic rings. The largest absolute Gasteiger partial charge is 0.444 e. The number of benzene rings is 1. The zero-order valence-corrected chi connectivity index (χ0v) is 26.6. The number of halogens is 3. The van der Waals surface area contributed by atoms with Crippen LogP contribution in [0.5, 0.6) is 0 Å². The third-order valence-corrected chi connectivity index (χ3v) is 11.4. The van der Waals surface area contributed by atoms with Gasteiger partial charge < -0.3 is 14.5 Å². The summed E-state index contributed by atoms with van der Waals surface area (Å²) in [5, 5.41) is 2.83. The number of rotatable bonds is 6. The van der Waals surface area contributed by atoms with Crippen LogP contribution >= 0.6 is 15.9 Å². The molecule has 5 nitrogen and oxygen atoms in total. The van der Waals surface area contributed by atoms with Crippen LogP contribution in [0.4, 0.5) is 13.6 Å². The van der Waals surface area contributed by atoms with Gasteiger partial charge in [0, 0.05) is 10.5 Å². The molecule has 0 unspecified atom stereocenters. The van der Waals surface area contributed by atoms with Crippen LogP contribution in [0.25, 0.3) is 0 Å². The van der Waals surface area contributed by atoms with Gasteiger partial charge in [-0.25, -0.2) is 18.6 Å². The molecular weight excluding hydrogens is 570 g/mol. The second-order valence-corrected chi connectivity index (χ2v) is 17.9. The molecule has 1 atom stereocenters. The van der Waals surface area contributed by atoms with Crippen LogP contribution in [0.1, 0.15) is 78.4 Å². The normalized spacial score (nSPS) is 13.4. The van der Waals surface area contributed by atoms with Crippen molar-refractivity contribution in [1.29, 1.82) is 0 Å². The van der Waals surface area contributed by atoms with E-state index in [-0.39, 0.29) is 11.5 Å². The third-order valence-electron chi connectivity index (χ3n) is 6.06. The Labute approximate surface area is 235 Å². The van der Waals surface area contributed by atoms with Gasteiger partial charge in [-0.15, -0.1) is 0 Å². The van der Waals surface area contributed by atoms with Crippen molar-refractivity contribution in [1.82, 2.24) is 10.3 Å². The van der Waals surface area contributed by atoms with Crippen molar-refractivity contribution < 1.29 is 22.7 Å². The van der Waals surface area contributed by atoms with Gasteiger partial charge in [0.1, 0.15) is 28.5 Å². The Hall–Kier alpha value is -2.28. The monoisotopic (exact) mass is 608 g/mol. The maximum Gasteiger partial charge on any atom is 0.408 e. The zero-order chi connectivity index (χ0) is 29.1. The lowest BCUT2D eigenvalue weighted by Gasteiger charge is -2.40. The molecule has 1 heterocycles. The average Bonchev–Trinajstić information content (AvgIpc) is 2.69. The molecule has 0 aliphatic carbocycles. The SMILES string of the molecule is CC(C)(C)OC(=O)N[C@@H](Cc1cc(F)cc(F)c1)c1nc(C#CC(C)(C)O[Si](C)(C)C(C)(C)C)ccc1Br. The molecule has 0 spiro atoms. The number of pyridine rings is 1. The molecule has 0 bridgehead atoms. The predicted molar refractivity (Wildman–Crippen MR) is 153 cm³/mol. The van der Waals surface area contributed by atoms with Crippen molar-refractivity contribution in [2.45, 2.75) is 97.2 Å². The van der Waals surface area contributed by atoms with E-state index < -0.39 is 43.3 Å². The molecule has 1 aromatic carbocycles.